The number of hydrogen-bond acceptors (Lipinski definition) is 4. The summed E-state index contributed by atoms with van der Waals surface area (Å²) in [4.78, 5) is 1.98. The number of aromatic nitrogens is 3. The van der Waals surface area contributed by atoms with Gasteiger partial charge in [0.1, 0.15) is 5.82 Å². The van der Waals surface area contributed by atoms with E-state index in [1.54, 1.807) is 0 Å². The monoisotopic (exact) mass is 211 g/mol. The number of nitrogens with zero attached hydrogens (tertiary/aromatic N) is 4. The van der Waals surface area contributed by atoms with E-state index in [-0.39, 0.29) is 0 Å². The third-order valence-corrected chi connectivity index (χ3v) is 2.12. The summed E-state index contributed by atoms with van der Waals surface area (Å²) in [6, 6.07) is 0. The zero-order chi connectivity index (χ0) is 11.4. The van der Waals surface area contributed by atoms with Gasteiger partial charge in [0.05, 0.1) is 0 Å². The average Bonchev–Trinajstić information content (AvgIpc) is 2.48. The Labute approximate surface area is 91.3 Å². The molecule has 0 aromatic carbocycles. The van der Waals surface area contributed by atoms with Crippen molar-refractivity contribution in [3.05, 3.63) is 5.82 Å². The minimum absolute atomic E-state index is 0.580. The van der Waals surface area contributed by atoms with Gasteiger partial charge in [0.2, 0.25) is 5.95 Å². The van der Waals surface area contributed by atoms with Crippen LogP contribution >= 0.6 is 0 Å². The van der Waals surface area contributed by atoms with Crippen LogP contribution in [0.15, 0.2) is 0 Å². The van der Waals surface area contributed by atoms with E-state index in [2.05, 4.69) is 28.6 Å². The van der Waals surface area contributed by atoms with Crippen LogP contribution in [0, 0.1) is 5.92 Å². The predicted octanol–water partition coefficient (Wildman–Crippen LogP) is 0.501. The van der Waals surface area contributed by atoms with Crippen LogP contribution in [0.2, 0.25) is 0 Å². The van der Waals surface area contributed by atoms with E-state index < -0.39 is 0 Å². The molecule has 0 saturated heterocycles. The summed E-state index contributed by atoms with van der Waals surface area (Å²) in [5.74, 6) is 2.47. The van der Waals surface area contributed by atoms with Crippen molar-refractivity contribution < 1.29 is 0 Å². The van der Waals surface area contributed by atoms with Crippen LogP contribution in [-0.4, -0.2) is 35.4 Å². The van der Waals surface area contributed by atoms with E-state index in [1.807, 2.05) is 19.0 Å². The summed E-state index contributed by atoms with van der Waals surface area (Å²) in [5, 5.41) is 8.34. The standard InChI is InChI=1S/C10H21N5/c1-8(2)7-15-9(5-6-11)12-13-10(15)14(3)4/h8H,5-7,11H2,1-4H3. The maximum atomic E-state index is 5.55. The number of anilines is 1. The van der Waals surface area contributed by atoms with Crippen LogP contribution in [0.1, 0.15) is 19.7 Å². The van der Waals surface area contributed by atoms with Crippen LogP contribution in [0.25, 0.3) is 0 Å². The first-order chi connectivity index (χ1) is 7.06. The normalized spacial score (nSPS) is 11.1. The Morgan fingerprint density at radius 1 is 1.33 bits per heavy atom. The van der Waals surface area contributed by atoms with Gasteiger partial charge in [-0.25, -0.2) is 0 Å². The molecular formula is C10H21N5. The van der Waals surface area contributed by atoms with E-state index in [9.17, 15) is 0 Å². The third-order valence-electron chi connectivity index (χ3n) is 2.12. The molecular weight excluding hydrogens is 190 g/mol. The lowest BCUT2D eigenvalue weighted by molar-refractivity contribution is 0.506. The van der Waals surface area contributed by atoms with Crippen molar-refractivity contribution in [2.75, 3.05) is 25.5 Å². The van der Waals surface area contributed by atoms with Gasteiger partial charge >= 0.3 is 0 Å². The van der Waals surface area contributed by atoms with Crippen molar-refractivity contribution in [3.63, 3.8) is 0 Å². The van der Waals surface area contributed by atoms with Crippen LogP contribution in [0.5, 0.6) is 0 Å². The maximum absolute atomic E-state index is 5.55. The van der Waals surface area contributed by atoms with Gasteiger partial charge in [-0.15, -0.1) is 10.2 Å². The van der Waals surface area contributed by atoms with E-state index in [1.165, 1.54) is 0 Å². The van der Waals surface area contributed by atoms with Gasteiger partial charge in [-0.3, -0.25) is 4.57 Å². The summed E-state index contributed by atoms with van der Waals surface area (Å²) in [7, 11) is 3.96. The van der Waals surface area contributed by atoms with Crippen LogP contribution in [-0.2, 0) is 13.0 Å². The SMILES string of the molecule is CC(C)Cn1c(CCN)nnc1N(C)C. The molecule has 2 N–H and O–H groups in total. The van der Waals surface area contributed by atoms with Crippen molar-refractivity contribution >= 4 is 5.95 Å². The van der Waals surface area contributed by atoms with Crippen molar-refractivity contribution in [1.29, 1.82) is 0 Å². The molecule has 1 rings (SSSR count). The molecule has 0 aliphatic rings. The van der Waals surface area contributed by atoms with Crippen molar-refractivity contribution in [2.45, 2.75) is 26.8 Å². The second-order valence-corrected chi connectivity index (χ2v) is 4.35. The zero-order valence-corrected chi connectivity index (χ0v) is 10.1. The lowest BCUT2D eigenvalue weighted by atomic mass is 10.2. The molecule has 86 valence electrons. The van der Waals surface area contributed by atoms with Gasteiger partial charge in [0, 0.05) is 27.1 Å². The Morgan fingerprint density at radius 3 is 2.47 bits per heavy atom. The molecule has 0 aliphatic carbocycles. The Bertz CT molecular complexity index is 303. The minimum atomic E-state index is 0.580. The summed E-state index contributed by atoms with van der Waals surface area (Å²) in [6.07, 6.45) is 0.785. The fraction of sp³-hybridized carbons (Fsp3) is 0.800. The molecule has 15 heavy (non-hydrogen) atoms. The molecule has 1 aromatic heterocycles. The summed E-state index contributed by atoms with van der Waals surface area (Å²) in [5.41, 5.74) is 5.55. The second-order valence-electron chi connectivity index (χ2n) is 4.35. The summed E-state index contributed by atoms with van der Waals surface area (Å²) in [6.45, 7) is 5.93. The molecule has 1 aromatic rings. The Kier molecular flexibility index (Phi) is 4.08. The van der Waals surface area contributed by atoms with Crippen molar-refractivity contribution in [3.8, 4) is 0 Å². The van der Waals surface area contributed by atoms with E-state index >= 15 is 0 Å². The molecule has 5 heteroatoms. The Balaban J connectivity index is 2.97. The first-order valence-corrected chi connectivity index (χ1v) is 5.35. The predicted molar refractivity (Wildman–Crippen MR) is 61.9 cm³/mol. The summed E-state index contributed by atoms with van der Waals surface area (Å²) < 4.78 is 2.15. The van der Waals surface area contributed by atoms with Gasteiger partial charge < -0.3 is 10.6 Å². The first-order valence-electron chi connectivity index (χ1n) is 5.35. The smallest absolute Gasteiger partial charge is 0.226 e. The molecule has 0 radical (unpaired) electrons. The van der Waals surface area contributed by atoms with Crippen LogP contribution in [0.3, 0.4) is 0 Å². The van der Waals surface area contributed by atoms with Crippen LogP contribution in [0.4, 0.5) is 5.95 Å². The third kappa shape index (κ3) is 2.92. The molecule has 0 fully saturated rings. The van der Waals surface area contributed by atoms with Crippen molar-refractivity contribution in [2.24, 2.45) is 11.7 Å². The highest BCUT2D eigenvalue weighted by atomic mass is 15.4. The van der Waals surface area contributed by atoms with Gasteiger partial charge in [-0.2, -0.15) is 0 Å². The van der Waals surface area contributed by atoms with E-state index in [0.29, 0.717) is 12.5 Å². The highest BCUT2D eigenvalue weighted by molar-refractivity contribution is 5.28. The second kappa shape index (κ2) is 5.11. The molecule has 0 atom stereocenters. The Morgan fingerprint density at radius 2 is 2.00 bits per heavy atom. The summed E-state index contributed by atoms with van der Waals surface area (Å²) >= 11 is 0. The number of nitrogens with two attached hydrogens (primary N) is 1. The number of hydrogen-bond donors (Lipinski definition) is 1. The highest BCUT2D eigenvalue weighted by Gasteiger charge is 2.13. The highest BCUT2D eigenvalue weighted by Crippen LogP contribution is 2.13. The first kappa shape index (κ1) is 12.0. The molecule has 0 aliphatic heterocycles. The zero-order valence-electron chi connectivity index (χ0n) is 10.1. The quantitative estimate of drug-likeness (QED) is 0.770. The molecule has 1 heterocycles. The molecule has 0 amide bonds. The number of rotatable bonds is 5. The molecule has 0 bridgehead atoms. The molecule has 0 spiro atoms. The van der Waals surface area contributed by atoms with Crippen LogP contribution < -0.4 is 10.6 Å². The van der Waals surface area contributed by atoms with E-state index in [0.717, 1.165) is 24.7 Å². The maximum Gasteiger partial charge on any atom is 0.226 e. The van der Waals surface area contributed by atoms with Gasteiger partial charge in [0.25, 0.3) is 0 Å². The van der Waals surface area contributed by atoms with Crippen molar-refractivity contribution in [1.82, 2.24) is 14.8 Å². The minimum Gasteiger partial charge on any atom is -0.347 e. The topological polar surface area (TPSA) is 60.0 Å². The van der Waals surface area contributed by atoms with Gasteiger partial charge in [0.15, 0.2) is 0 Å². The van der Waals surface area contributed by atoms with Gasteiger partial charge in [-0.05, 0) is 12.5 Å². The fourth-order valence-corrected chi connectivity index (χ4v) is 1.52. The molecule has 5 nitrogen and oxygen atoms in total. The van der Waals surface area contributed by atoms with E-state index in [4.69, 9.17) is 5.73 Å². The average molecular weight is 211 g/mol. The lowest BCUT2D eigenvalue weighted by Crippen LogP contribution is -2.19. The molecule has 0 saturated carbocycles. The largest absolute Gasteiger partial charge is 0.347 e. The fourth-order valence-electron chi connectivity index (χ4n) is 1.52. The molecule has 0 unspecified atom stereocenters. The van der Waals surface area contributed by atoms with Gasteiger partial charge in [-0.1, -0.05) is 13.8 Å². The Hall–Kier alpha value is -1.10. The lowest BCUT2D eigenvalue weighted by Gasteiger charge is -2.16.